The van der Waals surface area contributed by atoms with Crippen molar-refractivity contribution < 1.29 is 14.3 Å². The highest BCUT2D eigenvalue weighted by Gasteiger charge is 2.18. The maximum Gasteiger partial charge on any atom is 0.337 e. The molecule has 1 aromatic carbocycles. The smallest absolute Gasteiger partial charge is 0.337 e. The fourth-order valence-corrected chi connectivity index (χ4v) is 2.97. The molecule has 1 aliphatic heterocycles. The highest BCUT2D eigenvalue weighted by atomic mass is 16.5. The van der Waals surface area contributed by atoms with Crippen LogP contribution < -0.4 is 10.6 Å². The Hall–Kier alpha value is -2.74. The van der Waals surface area contributed by atoms with Gasteiger partial charge < -0.3 is 15.4 Å². The van der Waals surface area contributed by atoms with E-state index in [2.05, 4.69) is 25.7 Å². The molecule has 0 atom stereocenters. The second kappa shape index (κ2) is 8.57. The Labute approximate surface area is 151 Å². The van der Waals surface area contributed by atoms with Crippen LogP contribution in [0.25, 0.3) is 0 Å². The lowest BCUT2D eigenvalue weighted by molar-refractivity contribution is 0.0600. The monoisotopic (exact) mass is 357 g/mol. The molecule has 1 saturated heterocycles. The van der Waals surface area contributed by atoms with Crippen LogP contribution in [0.15, 0.2) is 30.5 Å². The maximum atomic E-state index is 12.2. The van der Waals surface area contributed by atoms with Gasteiger partial charge in [0.2, 0.25) is 0 Å². The molecule has 26 heavy (non-hydrogen) atoms. The number of rotatable bonds is 6. The minimum Gasteiger partial charge on any atom is -0.465 e. The molecule has 1 aliphatic rings. The molecule has 138 valence electrons. The summed E-state index contributed by atoms with van der Waals surface area (Å²) in [5.74, 6) is -0.585. The minimum absolute atomic E-state index is 0.226. The Morgan fingerprint density at radius 2 is 2.00 bits per heavy atom. The van der Waals surface area contributed by atoms with Gasteiger partial charge in [-0.15, -0.1) is 5.10 Å². The SMILES string of the molecule is COC(=O)c1ccc(CCNC(=O)c2cn(C3CCNCC3)nn2)cc1. The van der Waals surface area contributed by atoms with Crippen molar-refractivity contribution in [3.05, 3.63) is 47.3 Å². The molecular formula is C18H23N5O3. The van der Waals surface area contributed by atoms with Crippen molar-refractivity contribution in [2.24, 2.45) is 0 Å². The number of carbonyl (C=O) groups is 2. The average molecular weight is 357 g/mol. The summed E-state index contributed by atoms with van der Waals surface area (Å²) in [6.45, 7) is 2.40. The molecule has 0 spiro atoms. The molecule has 1 aromatic heterocycles. The fourth-order valence-electron chi connectivity index (χ4n) is 2.97. The molecule has 0 unspecified atom stereocenters. The third-order valence-corrected chi connectivity index (χ3v) is 4.50. The van der Waals surface area contributed by atoms with E-state index in [9.17, 15) is 9.59 Å². The number of carbonyl (C=O) groups excluding carboxylic acids is 2. The van der Waals surface area contributed by atoms with E-state index < -0.39 is 0 Å². The van der Waals surface area contributed by atoms with Crippen LogP contribution in [0.1, 0.15) is 45.3 Å². The standard InChI is InChI=1S/C18H23N5O3/c1-26-18(25)14-4-2-13(3-5-14)6-11-20-17(24)16-12-23(22-21-16)15-7-9-19-10-8-15/h2-5,12,15,19H,6-11H2,1H3,(H,20,24). The molecular weight excluding hydrogens is 334 g/mol. The van der Waals surface area contributed by atoms with Crippen molar-refractivity contribution in [2.45, 2.75) is 25.3 Å². The number of esters is 1. The predicted molar refractivity (Wildman–Crippen MR) is 95.0 cm³/mol. The number of ether oxygens (including phenoxy) is 1. The number of methoxy groups -OCH3 is 1. The van der Waals surface area contributed by atoms with Crippen LogP contribution in [0.5, 0.6) is 0 Å². The highest BCUT2D eigenvalue weighted by Crippen LogP contribution is 2.17. The van der Waals surface area contributed by atoms with Gasteiger partial charge in [-0.25, -0.2) is 9.48 Å². The molecule has 1 amide bonds. The van der Waals surface area contributed by atoms with Gasteiger partial charge in [0.1, 0.15) is 0 Å². The molecule has 0 radical (unpaired) electrons. The molecule has 2 N–H and O–H groups in total. The van der Waals surface area contributed by atoms with Gasteiger partial charge in [-0.2, -0.15) is 0 Å². The quantitative estimate of drug-likeness (QED) is 0.748. The first-order chi connectivity index (χ1) is 12.7. The molecule has 2 heterocycles. The molecule has 0 bridgehead atoms. The van der Waals surface area contributed by atoms with Gasteiger partial charge in [0, 0.05) is 6.54 Å². The Balaban J connectivity index is 1.48. The molecule has 3 rings (SSSR count). The second-order valence-corrected chi connectivity index (χ2v) is 6.26. The molecule has 2 aromatic rings. The van der Waals surface area contributed by atoms with Gasteiger partial charge in [-0.05, 0) is 50.0 Å². The predicted octanol–water partition coefficient (Wildman–Crippen LogP) is 0.962. The molecule has 8 heteroatoms. The van der Waals surface area contributed by atoms with E-state index in [0.29, 0.717) is 30.3 Å². The van der Waals surface area contributed by atoms with Crippen LogP contribution in [-0.2, 0) is 11.2 Å². The first-order valence-electron chi connectivity index (χ1n) is 8.75. The van der Waals surface area contributed by atoms with Crippen molar-refractivity contribution in [3.8, 4) is 0 Å². The number of hydrogen-bond acceptors (Lipinski definition) is 6. The van der Waals surface area contributed by atoms with E-state index >= 15 is 0 Å². The molecule has 0 aliphatic carbocycles. The zero-order valence-corrected chi connectivity index (χ0v) is 14.8. The number of benzene rings is 1. The third kappa shape index (κ3) is 4.45. The zero-order valence-electron chi connectivity index (χ0n) is 14.8. The Bertz CT molecular complexity index is 750. The average Bonchev–Trinajstić information content (AvgIpc) is 3.19. The highest BCUT2D eigenvalue weighted by molar-refractivity contribution is 5.91. The Morgan fingerprint density at radius 3 is 2.69 bits per heavy atom. The number of amides is 1. The normalized spacial score (nSPS) is 14.8. The number of aromatic nitrogens is 3. The van der Waals surface area contributed by atoms with Crippen LogP contribution in [0.2, 0.25) is 0 Å². The van der Waals surface area contributed by atoms with Crippen LogP contribution in [0.4, 0.5) is 0 Å². The van der Waals surface area contributed by atoms with Crippen LogP contribution in [0.3, 0.4) is 0 Å². The summed E-state index contributed by atoms with van der Waals surface area (Å²) in [5, 5.41) is 14.2. The summed E-state index contributed by atoms with van der Waals surface area (Å²) < 4.78 is 6.46. The van der Waals surface area contributed by atoms with Crippen LogP contribution in [-0.4, -0.2) is 53.6 Å². The number of nitrogens with zero attached hydrogens (tertiary/aromatic N) is 3. The first kappa shape index (κ1) is 18.1. The van der Waals surface area contributed by atoms with E-state index in [1.807, 2.05) is 12.1 Å². The molecule has 8 nitrogen and oxygen atoms in total. The summed E-state index contributed by atoms with van der Waals surface area (Å²) in [6.07, 6.45) is 4.37. The van der Waals surface area contributed by atoms with Gasteiger partial charge in [0.15, 0.2) is 5.69 Å². The van der Waals surface area contributed by atoms with Crippen molar-refractivity contribution in [1.29, 1.82) is 0 Å². The van der Waals surface area contributed by atoms with E-state index in [0.717, 1.165) is 31.5 Å². The summed E-state index contributed by atoms with van der Waals surface area (Å²) in [7, 11) is 1.35. The van der Waals surface area contributed by atoms with Gasteiger partial charge in [-0.3, -0.25) is 4.79 Å². The fraction of sp³-hybridized carbons (Fsp3) is 0.444. The van der Waals surface area contributed by atoms with Crippen molar-refractivity contribution in [1.82, 2.24) is 25.6 Å². The topological polar surface area (TPSA) is 98.1 Å². The van der Waals surface area contributed by atoms with E-state index in [4.69, 9.17) is 0 Å². The molecule has 0 saturated carbocycles. The van der Waals surface area contributed by atoms with Crippen molar-refractivity contribution in [2.75, 3.05) is 26.7 Å². The number of hydrogen-bond donors (Lipinski definition) is 2. The van der Waals surface area contributed by atoms with E-state index in [1.165, 1.54) is 7.11 Å². The van der Waals surface area contributed by atoms with Crippen molar-refractivity contribution >= 4 is 11.9 Å². The summed E-state index contributed by atoms with van der Waals surface area (Å²) in [5.41, 5.74) is 1.87. The third-order valence-electron chi connectivity index (χ3n) is 4.50. The number of piperidine rings is 1. The van der Waals surface area contributed by atoms with Gasteiger partial charge >= 0.3 is 5.97 Å². The summed E-state index contributed by atoms with van der Waals surface area (Å²) >= 11 is 0. The zero-order chi connectivity index (χ0) is 18.4. The maximum absolute atomic E-state index is 12.2. The lowest BCUT2D eigenvalue weighted by Crippen LogP contribution is -2.29. The Morgan fingerprint density at radius 1 is 1.27 bits per heavy atom. The van der Waals surface area contributed by atoms with Gasteiger partial charge in [0.05, 0.1) is 24.9 Å². The lowest BCUT2D eigenvalue weighted by atomic mass is 10.1. The van der Waals surface area contributed by atoms with Crippen LogP contribution >= 0.6 is 0 Å². The second-order valence-electron chi connectivity index (χ2n) is 6.26. The summed E-state index contributed by atoms with van der Waals surface area (Å²) in [6, 6.07) is 7.44. The lowest BCUT2D eigenvalue weighted by Gasteiger charge is -2.22. The Kier molecular flexibility index (Phi) is 5.96. The summed E-state index contributed by atoms with van der Waals surface area (Å²) in [4.78, 5) is 23.6. The van der Waals surface area contributed by atoms with Gasteiger partial charge in [-0.1, -0.05) is 17.3 Å². The van der Waals surface area contributed by atoms with E-state index in [1.54, 1.807) is 23.0 Å². The molecule has 1 fully saturated rings. The number of nitrogens with one attached hydrogen (secondary N) is 2. The first-order valence-corrected chi connectivity index (χ1v) is 8.75. The van der Waals surface area contributed by atoms with Crippen LogP contribution in [0, 0.1) is 0 Å². The largest absolute Gasteiger partial charge is 0.465 e. The van der Waals surface area contributed by atoms with Gasteiger partial charge in [0.25, 0.3) is 5.91 Å². The minimum atomic E-state index is -0.360. The van der Waals surface area contributed by atoms with E-state index in [-0.39, 0.29) is 11.9 Å². The van der Waals surface area contributed by atoms with Crippen molar-refractivity contribution in [3.63, 3.8) is 0 Å².